The van der Waals surface area contributed by atoms with E-state index in [2.05, 4.69) is 29.2 Å². The molecule has 0 fully saturated rings. The minimum Gasteiger partial charge on any atom is -0.375 e. The first-order valence-corrected chi connectivity index (χ1v) is 8.09. The number of benzene rings is 1. The molecule has 0 radical (unpaired) electrons. The number of hydrogen-bond acceptors (Lipinski definition) is 5. The van der Waals surface area contributed by atoms with Gasteiger partial charge < -0.3 is 10.5 Å². The first-order chi connectivity index (χ1) is 9.24. The molecule has 5 heteroatoms. The molecule has 1 atom stereocenters. The van der Waals surface area contributed by atoms with Crippen molar-refractivity contribution in [3.8, 4) is 0 Å². The number of aromatic nitrogens is 1. The summed E-state index contributed by atoms with van der Waals surface area (Å²) in [5, 5.41) is 0.643. The lowest BCUT2D eigenvalue weighted by Crippen LogP contribution is -2.17. The minimum absolute atomic E-state index is 0.178. The van der Waals surface area contributed by atoms with Crippen molar-refractivity contribution in [2.45, 2.75) is 23.7 Å². The number of anilines is 1. The maximum Gasteiger partial charge on any atom is 0.181 e. The van der Waals surface area contributed by atoms with E-state index in [1.54, 1.807) is 23.1 Å². The Morgan fingerprint density at radius 3 is 3.11 bits per heavy atom. The smallest absolute Gasteiger partial charge is 0.181 e. The highest BCUT2D eigenvalue weighted by Gasteiger charge is 2.21. The molecule has 2 N–H and O–H groups in total. The fourth-order valence-electron chi connectivity index (χ4n) is 2.30. The van der Waals surface area contributed by atoms with E-state index < -0.39 is 0 Å². The third kappa shape index (κ3) is 2.78. The van der Waals surface area contributed by atoms with Crippen LogP contribution in [0, 0.1) is 6.92 Å². The average Bonchev–Trinajstić information content (AvgIpc) is 2.74. The highest BCUT2D eigenvalue weighted by molar-refractivity contribution is 8.01. The number of fused-ring (bicyclic) bond motifs is 1. The lowest BCUT2D eigenvalue weighted by molar-refractivity contribution is 0.0588. The number of thiazole rings is 1. The van der Waals surface area contributed by atoms with Gasteiger partial charge in [0, 0.05) is 5.75 Å². The van der Waals surface area contributed by atoms with E-state index in [4.69, 9.17) is 10.5 Å². The number of ether oxygens (including phenoxy) is 1. The number of aryl methyl sites for hydroxylation is 1. The molecule has 3 rings (SSSR count). The molecule has 100 valence electrons. The van der Waals surface area contributed by atoms with Gasteiger partial charge in [0.15, 0.2) is 5.13 Å². The van der Waals surface area contributed by atoms with Crippen LogP contribution < -0.4 is 5.73 Å². The third-order valence-electron chi connectivity index (χ3n) is 3.23. The molecule has 0 saturated heterocycles. The molecule has 0 bridgehead atoms. The van der Waals surface area contributed by atoms with Gasteiger partial charge in [-0.15, -0.1) is 11.8 Å². The highest BCUT2D eigenvalue weighted by atomic mass is 32.2. The first kappa shape index (κ1) is 13.0. The van der Waals surface area contributed by atoms with Crippen LogP contribution in [-0.4, -0.2) is 17.3 Å². The summed E-state index contributed by atoms with van der Waals surface area (Å²) in [7, 11) is 0. The van der Waals surface area contributed by atoms with Crippen molar-refractivity contribution < 1.29 is 4.74 Å². The summed E-state index contributed by atoms with van der Waals surface area (Å²) < 4.78 is 7.10. The van der Waals surface area contributed by atoms with Crippen LogP contribution in [-0.2, 0) is 11.2 Å². The Hall–Kier alpha value is -1.04. The largest absolute Gasteiger partial charge is 0.375 e. The Morgan fingerprint density at radius 1 is 1.47 bits per heavy atom. The van der Waals surface area contributed by atoms with Crippen LogP contribution in [0.15, 0.2) is 28.5 Å². The Bertz CT molecular complexity index is 583. The van der Waals surface area contributed by atoms with E-state index in [0.717, 1.165) is 24.5 Å². The number of nitrogens with two attached hydrogens (primary N) is 1. The second-order valence-corrected chi connectivity index (χ2v) is 6.86. The number of nitrogens with zero attached hydrogens (tertiary/aromatic N) is 1. The lowest BCUT2D eigenvalue weighted by Gasteiger charge is -2.25. The van der Waals surface area contributed by atoms with E-state index in [0.29, 0.717) is 5.13 Å². The quantitative estimate of drug-likeness (QED) is 0.880. The number of hydrogen-bond donors (Lipinski definition) is 1. The molecule has 1 aromatic heterocycles. The molecule has 0 spiro atoms. The summed E-state index contributed by atoms with van der Waals surface area (Å²) in [4.78, 5) is 4.25. The first-order valence-electron chi connectivity index (χ1n) is 6.29. The van der Waals surface area contributed by atoms with Crippen molar-refractivity contribution >= 4 is 28.2 Å². The van der Waals surface area contributed by atoms with Crippen LogP contribution in [0.2, 0.25) is 0 Å². The summed E-state index contributed by atoms with van der Waals surface area (Å²) in [5.74, 6) is 0.916. The fraction of sp³-hybridized carbons (Fsp3) is 0.357. The van der Waals surface area contributed by atoms with E-state index in [1.165, 1.54) is 15.3 Å². The van der Waals surface area contributed by atoms with Crippen molar-refractivity contribution in [2.75, 3.05) is 18.1 Å². The number of thioether (sulfide) groups is 1. The Balaban J connectivity index is 1.73. The third-order valence-corrected chi connectivity index (χ3v) is 5.64. The number of rotatable bonds is 3. The summed E-state index contributed by atoms with van der Waals surface area (Å²) in [6, 6.07) is 8.56. The second kappa shape index (κ2) is 5.53. The highest BCUT2D eigenvalue weighted by Crippen LogP contribution is 2.36. The summed E-state index contributed by atoms with van der Waals surface area (Å²) in [6.45, 7) is 2.82. The van der Waals surface area contributed by atoms with Crippen LogP contribution in [0.25, 0.3) is 0 Å². The molecule has 1 aliphatic heterocycles. The van der Waals surface area contributed by atoms with Crippen LogP contribution >= 0.6 is 23.1 Å². The monoisotopic (exact) mass is 292 g/mol. The molecule has 1 aromatic carbocycles. The van der Waals surface area contributed by atoms with E-state index in [1.807, 2.05) is 6.92 Å². The van der Waals surface area contributed by atoms with Gasteiger partial charge in [-0.25, -0.2) is 4.98 Å². The van der Waals surface area contributed by atoms with Gasteiger partial charge in [-0.2, -0.15) is 0 Å². The molecule has 19 heavy (non-hydrogen) atoms. The van der Waals surface area contributed by atoms with Gasteiger partial charge in [0.25, 0.3) is 0 Å². The normalized spacial score (nSPS) is 18.3. The summed E-state index contributed by atoms with van der Waals surface area (Å²) in [5.41, 5.74) is 9.50. The molecule has 0 saturated carbocycles. The van der Waals surface area contributed by atoms with Gasteiger partial charge in [-0.05, 0) is 24.5 Å². The van der Waals surface area contributed by atoms with E-state index in [-0.39, 0.29) is 6.10 Å². The molecule has 3 nitrogen and oxygen atoms in total. The van der Waals surface area contributed by atoms with Crippen molar-refractivity contribution in [2.24, 2.45) is 0 Å². The predicted molar refractivity (Wildman–Crippen MR) is 80.8 cm³/mol. The lowest BCUT2D eigenvalue weighted by atomic mass is 9.99. The van der Waals surface area contributed by atoms with Crippen LogP contribution in [0.1, 0.15) is 22.9 Å². The zero-order valence-electron chi connectivity index (χ0n) is 10.8. The molecule has 1 unspecified atom stereocenters. The zero-order chi connectivity index (χ0) is 13.2. The number of nitrogen functional groups attached to an aromatic ring is 1. The van der Waals surface area contributed by atoms with Gasteiger partial charge in [0.2, 0.25) is 0 Å². The van der Waals surface area contributed by atoms with Crippen molar-refractivity contribution in [1.82, 2.24) is 4.98 Å². The molecule has 2 heterocycles. The Kier molecular flexibility index (Phi) is 3.77. The molecular weight excluding hydrogens is 276 g/mol. The maximum atomic E-state index is 5.90. The zero-order valence-corrected chi connectivity index (χ0v) is 12.4. The molecular formula is C14H16N2OS2. The minimum atomic E-state index is 0.178. The second-order valence-electron chi connectivity index (χ2n) is 4.54. The van der Waals surface area contributed by atoms with Crippen molar-refractivity contribution in [1.29, 1.82) is 0 Å². The summed E-state index contributed by atoms with van der Waals surface area (Å²) in [6.07, 6.45) is 1.20. The van der Waals surface area contributed by atoms with Crippen molar-refractivity contribution in [3.05, 3.63) is 41.1 Å². The molecule has 1 aliphatic rings. The molecule has 0 amide bonds. The van der Waals surface area contributed by atoms with E-state index >= 15 is 0 Å². The molecule has 0 aliphatic carbocycles. The van der Waals surface area contributed by atoms with Gasteiger partial charge in [-0.1, -0.05) is 35.6 Å². The van der Waals surface area contributed by atoms with Gasteiger partial charge >= 0.3 is 0 Å². The maximum absolute atomic E-state index is 5.90. The van der Waals surface area contributed by atoms with Gasteiger partial charge in [-0.3, -0.25) is 0 Å². The Labute approximate surface area is 121 Å². The molecule has 2 aromatic rings. The topological polar surface area (TPSA) is 48.1 Å². The van der Waals surface area contributed by atoms with E-state index in [9.17, 15) is 0 Å². The SMILES string of the molecule is Cc1nc(N)sc1SCC1OCCc2ccccc21. The average molecular weight is 292 g/mol. The van der Waals surface area contributed by atoms with Crippen molar-refractivity contribution in [3.63, 3.8) is 0 Å². The van der Waals surface area contributed by atoms with Crippen LogP contribution in [0.4, 0.5) is 5.13 Å². The predicted octanol–water partition coefficient (Wildman–Crippen LogP) is 3.44. The fourth-order valence-corrected chi connectivity index (χ4v) is 4.40. The van der Waals surface area contributed by atoms with Gasteiger partial charge in [0.1, 0.15) is 0 Å². The standard InChI is InChI=1S/C14H16N2OS2/c1-9-13(19-14(15)16-9)18-8-12-11-5-3-2-4-10(11)6-7-17-12/h2-5,12H,6-8H2,1H3,(H2,15,16). The Morgan fingerprint density at radius 2 is 2.32 bits per heavy atom. The van der Waals surface area contributed by atoms with Crippen LogP contribution in [0.5, 0.6) is 0 Å². The summed E-state index contributed by atoms with van der Waals surface area (Å²) >= 11 is 3.35. The van der Waals surface area contributed by atoms with Gasteiger partial charge in [0.05, 0.1) is 22.6 Å². The van der Waals surface area contributed by atoms with Crippen LogP contribution in [0.3, 0.4) is 0 Å².